The number of halogens is 3. The van der Waals surface area contributed by atoms with Gasteiger partial charge in [0.2, 0.25) is 17.1 Å². The molecule has 1 aromatic carbocycles. The van der Waals surface area contributed by atoms with Gasteiger partial charge >= 0.3 is 0 Å². The van der Waals surface area contributed by atoms with E-state index in [2.05, 4.69) is 25.4 Å². The van der Waals surface area contributed by atoms with Gasteiger partial charge in [-0.15, -0.1) is 0 Å². The maximum absolute atomic E-state index is 14.9. The largest absolute Gasteiger partial charge is 0.378 e. The topological polar surface area (TPSA) is 145 Å². The van der Waals surface area contributed by atoms with Crippen molar-refractivity contribution in [3.05, 3.63) is 71.7 Å². The van der Waals surface area contributed by atoms with Crippen LogP contribution in [-0.4, -0.2) is 100 Å². The molecule has 2 aliphatic heterocycles. The van der Waals surface area contributed by atoms with Gasteiger partial charge in [0.15, 0.2) is 11.5 Å². The molecule has 1 N–H and O–H groups in total. The van der Waals surface area contributed by atoms with Crippen molar-refractivity contribution >= 4 is 51.3 Å². The molecule has 49 heavy (non-hydrogen) atoms. The molecule has 0 spiro atoms. The van der Waals surface area contributed by atoms with Crippen molar-refractivity contribution in [2.45, 2.75) is 38.1 Å². The predicted octanol–water partition coefficient (Wildman–Crippen LogP) is 3.80. The molecule has 0 saturated carbocycles. The third kappa shape index (κ3) is 5.36. The minimum absolute atomic E-state index is 0.0176. The molecule has 7 heterocycles. The molecule has 17 heteroatoms. The number of fused-ring (bicyclic) bond motifs is 6. The smallest absolute Gasteiger partial charge is 0.245 e. The van der Waals surface area contributed by atoms with E-state index in [1.54, 1.807) is 37.5 Å². The summed E-state index contributed by atoms with van der Waals surface area (Å²) >= 11 is 6.46. The fourth-order valence-corrected chi connectivity index (χ4v) is 6.89. The SMILES string of the molecule is CO[C@H]1CN(C)C(=O)[C@@H]2C[C@@H](CN2c2nc(Cl)nc3c2cnn3-c2ccc(F)cc2F)Nc2nccc(n2)-c2nccc3nc(C)n(c23)C1. The molecular formula is C32H29ClF2N12O2. The molecule has 14 nitrogen and oxygen atoms in total. The number of hydrogen-bond acceptors (Lipinski definition) is 11. The van der Waals surface area contributed by atoms with Crippen LogP contribution in [0, 0.1) is 18.6 Å². The number of likely N-dealkylation sites (N-methyl/N-ethyl adjacent to an activating group) is 1. The van der Waals surface area contributed by atoms with E-state index in [0.717, 1.165) is 29.0 Å². The number of amides is 1. The van der Waals surface area contributed by atoms with Crippen molar-refractivity contribution < 1.29 is 18.3 Å². The van der Waals surface area contributed by atoms with E-state index in [0.29, 0.717) is 48.1 Å². The number of nitrogens with one attached hydrogen (secondary N) is 1. The predicted molar refractivity (Wildman–Crippen MR) is 176 cm³/mol. The van der Waals surface area contributed by atoms with Gasteiger partial charge in [0.05, 0.1) is 41.0 Å². The minimum Gasteiger partial charge on any atom is -0.378 e. The maximum atomic E-state index is 14.9. The lowest BCUT2D eigenvalue weighted by molar-refractivity contribution is -0.132. The number of rotatable bonds is 3. The van der Waals surface area contributed by atoms with Crippen LogP contribution in [0.1, 0.15) is 12.2 Å². The standard InChI is InChI=1S/C32H29ClF2N12O2/c1-16-39-23-7-8-36-26-22-6-9-37-32(41-22)40-18-11-25(30(48)44(2)14-19(49-3)15-45(16)27(23)26)46(13-18)28-20-12-38-47(29(20)43-31(33)42-28)24-5-4-17(34)10-21(24)35/h4-10,12,18-19,25H,11,13-15H2,1-3H3,(H,37,40,41)/t18-,19-,25-/m0/s1. The molecule has 2 aliphatic rings. The molecule has 0 radical (unpaired) electrons. The van der Waals surface area contributed by atoms with Crippen LogP contribution in [0.5, 0.6) is 0 Å². The third-order valence-corrected chi connectivity index (χ3v) is 9.20. The van der Waals surface area contributed by atoms with Crippen LogP contribution >= 0.6 is 11.6 Å². The Morgan fingerprint density at radius 1 is 1.02 bits per heavy atom. The lowest BCUT2D eigenvalue weighted by Crippen LogP contribution is -2.47. The monoisotopic (exact) mass is 686 g/mol. The molecule has 1 amide bonds. The third-order valence-electron chi connectivity index (χ3n) is 9.03. The normalized spacial score (nSPS) is 19.7. The Hall–Kier alpha value is -5.35. The van der Waals surface area contributed by atoms with E-state index in [-0.39, 0.29) is 35.1 Å². The van der Waals surface area contributed by atoms with Crippen LogP contribution in [0.3, 0.4) is 0 Å². The molecule has 5 aromatic heterocycles. The Morgan fingerprint density at radius 3 is 2.67 bits per heavy atom. The lowest BCUT2D eigenvalue weighted by Gasteiger charge is -2.31. The summed E-state index contributed by atoms with van der Waals surface area (Å²) in [5.41, 5.74) is 3.02. The van der Waals surface area contributed by atoms with Crippen LogP contribution in [0.4, 0.5) is 20.5 Å². The molecule has 1 fully saturated rings. The van der Waals surface area contributed by atoms with Crippen molar-refractivity contribution in [1.29, 1.82) is 0 Å². The highest BCUT2D eigenvalue weighted by Gasteiger charge is 2.41. The quantitative estimate of drug-likeness (QED) is 0.272. The minimum atomic E-state index is -0.825. The van der Waals surface area contributed by atoms with Gasteiger partial charge in [-0.05, 0) is 49.2 Å². The van der Waals surface area contributed by atoms with Gasteiger partial charge in [-0.1, -0.05) is 0 Å². The van der Waals surface area contributed by atoms with Crippen LogP contribution in [0.2, 0.25) is 5.28 Å². The number of ether oxygens (including phenoxy) is 1. The van der Waals surface area contributed by atoms with Crippen molar-refractivity contribution in [3.63, 3.8) is 0 Å². The highest BCUT2D eigenvalue weighted by Crippen LogP contribution is 2.35. The molecule has 6 aromatic rings. The first-order valence-electron chi connectivity index (χ1n) is 15.5. The van der Waals surface area contributed by atoms with Crippen molar-refractivity contribution in [2.75, 3.05) is 37.5 Å². The van der Waals surface area contributed by atoms with E-state index >= 15 is 0 Å². The molecule has 4 bridgehead atoms. The molecule has 3 atom stereocenters. The van der Waals surface area contributed by atoms with Crippen molar-refractivity contribution in [1.82, 2.24) is 49.2 Å². The van der Waals surface area contributed by atoms with Crippen LogP contribution in [0.25, 0.3) is 39.1 Å². The number of benzene rings is 1. The first-order chi connectivity index (χ1) is 23.7. The highest BCUT2D eigenvalue weighted by atomic mass is 35.5. The zero-order valence-electron chi connectivity index (χ0n) is 26.5. The summed E-state index contributed by atoms with van der Waals surface area (Å²) in [7, 11) is 3.35. The average molecular weight is 687 g/mol. The lowest BCUT2D eigenvalue weighted by atomic mass is 10.1. The zero-order chi connectivity index (χ0) is 34.0. The molecule has 8 rings (SSSR count). The van der Waals surface area contributed by atoms with E-state index in [4.69, 9.17) is 31.3 Å². The molecular weight excluding hydrogens is 658 g/mol. The Balaban J connectivity index is 1.23. The fourth-order valence-electron chi connectivity index (χ4n) is 6.73. The zero-order valence-corrected chi connectivity index (χ0v) is 27.3. The van der Waals surface area contributed by atoms with Gasteiger partial charge in [0.1, 0.15) is 34.9 Å². The highest BCUT2D eigenvalue weighted by molar-refractivity contribution is 6.28. The van der Waals surface area contributed by atoms with Gasteiger partial charge in [0.25, 0.3) is 0 Å². The number of carbonyl (C=O) groups excluding carboxylic acids is 1. The number of hydrogen-bond donors (Lipinski definition) is 1. The number of aromatic nitrogens is 9. The number of nitrogens with zero attached hydrogens (tertiary/aromatic N) is 11. The van der Waals surface area contributed by atoms with Crippen molar-refractivity contribution in [2.24, 2.45) is 0 Å². The second-order valence-corrected chi connectivity index (χ2v) is 12.4. The first-order valence-corrected chi connectivity index (χ1v) is 15.9. The summed E-state index contributed by atoms with van der Waals surface area (Å²) in [6.45, 7) is 2.92. The van der Waals surface area contributed by atoms with E-state index in [9.17, 15) is 13.6 Å². The number of imidazole rings is 1. The van der Waals surface area contributed by atoms with Gasteiger partial charge in [-0.25, -0.2) is 28.4 Å². The summed E-state index contributed by atoms with van der Waals surface area (Å²) in [5, 5.41) is 8.06. The van der Waals surface area contributed by atoms with Crippen LogP contribution in [-0.2, 0) is 16.1 Å². The number of carbonyl (C=O) groups is 1. The molecule has 1 saturated heterocycles. The number of methoxy groups -OCH3 is 1. The van der Waals surface area contributed by atoms with Gasteiger partial charge in [0, 0.05) is 51.7 Å². The number of anilines is 2. The second-order valence-electron chi connectivity index (χ2n) is 12.1. The molecule has 0 aliphatic carbocycles. The van der Waals surface area contributed by atoms with Crippen LogP contribution in [0.15, 0.2) is 48.9 Å². The molecule has 250 valence electrons. The second kappa shape index (κ2) is 12.0. The summed E-state index contributed by atoms with van der Waals surface area (Å²) in [5.74, 6) is -0.251. The first kappa shape index (κ1) is 31.0. The summed E-state index contributed by atoms with van der Waals surface area (Å²) in [4.78, 5) is 45.5. The summed E-state index contributed by atoms with van der Waals surface area (Å²) in [6.07, 6.45) is 4.83. The molecule has 0 unspecified atom stereocenters. The van der Waals surface area contributed by atoms with Crippen molar-refractivity contribution in [3.8, 4) is 17.1 Å². The van der Waals surface area contributed by atoms with Gasteiger partial charge in [-0.3, -0.25) is 9.78 Å². The van der Waals surface area contributed by atoms with E-state index < -0.39 is 23.8 Å². The van der Waals surface area contributed by atoms with E-state index in [1.807, 2.05) is 22.5 Å². The number of aryl methyl sites for hydroxylation is 1. The van der Waals surface area contributed by atoms with Gasteiger partial charge < -0.3 is 24.4 Å². The van der Waals surface area contributed by atoms with Crippen LogP contribution < -0.4 is 10.2 Å². The van der Waals surface area contributed by atoms with Gasteiger partial charge in [-0.2, -0.15) is 15.1 Å². The number of pyridine rings is 1. The Kier molecular flexibility index (Phi) is 7.55. The van der Waals surface area contributed by atoms with E-state index in [1.165, 1.54) is 16.9 Å². The Labute approximate surface area is 282 Å². The maximum Gasteiger partial charge on any atom is 0.245 e. The average Bonchev–Trinajstić information content (AvgIpc) is 3.78. The summed E-state index contributed by atoms with van der Waals surface area (Å²) in [6, 6.07) is 5.82. The summed E-state index contributed by atoms with van der Waals surface area (Å²) < 4.78 is 37.8. The fraction of sp³-hybridized carbons (Fsp3) is 0.312. The Morgan fingerprint density at radius 2 is 1.86 bits per heavy atom. The Bertz CT molecular complexity index is 2260.